The quantitative estimate of drug-likeness (QED) is 0.451. The Bertz CT molecular complexity index is 1230. The highest BCUT2D eigenvalue weighted by atomic mass is 16.5. The van der Waals surface area contributed by atoms with Crippen molar-refractivity contribution < 1.29 is 23.8 Å². The van der Waals surface area contributed by atoms with Crippen LogP contribution in [0.2, 0.25) is 0 Å². The van der Waals surface area contributed by atoms with Gasteiger partial charge in [0.2, 0.25) is 0 Å². The van der Waals surface area contributed by atoms with Gasteiger partial charge in [-0.05, 0) is 19.9 Å². The number of nitrogens with zero attached hydrogens (tertiary/aromatic N) is 1. The van der Waals surface area contributed by atoms with Crippen molar-refractivity contribution in [3.05, 3.63) is 50.0 Å². The Morgan fingerprint density at radius 3 is 1.78 bits per heavy atom. The number of esters is 2. The van der Waals surface area contributed by atoms with Gasteiger partial charge in [0.15, 0.2) is 10.9 Å². The number of carbonyl (C=O) groups is 2. The van der Waals surface area contributed by atoms with Crippen molar-refractivity contribution in [2.75, 3.05) is 44.4 Å². The first-order valence-electron chi connectivity index (χ1n) is 10.4. The summed E-state index contributed by atoms with van der Waals surface area (Å²) in [5.74, 6) is -1.32. The number of ether oxygens (including phenoxy) is 3. The van der Waals surface area contributed by atoms with Gasteiger partial charge in [-0.15, -0.1) is 0 Å². The normalized spacial score (nSPS) is 14.0. The van der Waals surface area contributed by atoms with Crippen LogP contribution in [0.25, 0.3) is 21.8 Å². The van der Waals surface area contributed by atoms with E-state index < -0.39 is 22.8 Å². The fourth-order valence-electron chi connectivity index (χ4n) is 3.81. The number of hydrogen-bond acceptors (Lipinski definition) is 8. The van der Waals surface area contributed by atoms with Gasteiger partial charge in [-0.2, -0.15) is 0 Å². The van der Waals surface area contributed by atoms with E-state index in [1.54, 1.807) is 13.8 Å². The van der Waals surface area contributed by atoms with Crippen molar-refractivity contribution in [1.29, 1.82) is 0 Å². The zero-order valence-corrected chi connectivity index (χ0v) is 17.8. The minimum atomic E-state index is -0.659. The molecular formula is C22H23N3O7. The molecule has 4 rings (SSSR count). The summed E-state index contributed by atoms with van der Waals surface area (Å²) in [6.45, 7) is 5.53. The molecule has 2 aromatic heterocycles. The van der Waals surface area contributed by atoms with Gasteiger partial charge in [0.05, 0.1) is 43.1 Å². The summed E-state index contributed by atoms with van der Waals surface area (Å²) in [5.41, 5.74) is 0.397. The van der Waals surface area contributed by atoms with Crippen molar-refractivity contribution in [2.24, 2.45) is 0 Å². The van der Waals surface area contributed by atoms with Crippen LogP contribution in [0.3, 0.4) is 0 Å². The fourth-order valence-corrected chi connectivity index (χ4v) is 3.81. The van der Waals surface area contributed by atoms with E-state index in [1.165, 1.54) is 6.07 Å². The molecule has 0 bridgehead atoms. The zero-order valence-electron chi connectivity index (χ0n) is 17.8. The summed E-state index contributed by atoms with van der Waals surface area (Å²) < 4.78 is 15.5. The topological polar surface area (TPSA) is 131 Å². The number of nitrogens with one attached hydrogen (secondary N) is 2. The Morgan fingerprint density at radius 1 is 0.875 bits per heavy atom. The van der Waals surface area contributed by atoms with Crippen LogP contribution >= 0.6 is 0 Å². The van der Waals surface area contributed by atoms with Crippen LogP contribution < -0.4 is 15.8 Å². The van der Waals surface area contributed by atoms with E-state index in [1.807, 2.05) is 4.90 Å². The molecule has 0 saturated carbocycles. The Kier molecular flexibility index (Phi) is 5.95. The Morgan fingerprint density at radius 2 is 1.34 bits per heavy atom. The number of pyridine rings is 2. The number of aromatic nitrogens is 2. The molecule has 2 N–H and O–H groups in total. The zero-order chi connectivity index (χ0) is 22.8. The number of rotatable bonds is 5. The smallest absolute Gasteiger partial charge is 0.354 e. The number of aromatic amines is 2. The van der Waals surface area contributed by atoms with Crippen LogP contribution in [0, 0.1) is 0 Å². The Hall–Kier alpha value is -3.66. The number of hydrogen-bond donors (Lipinski definition) is 2. The number of morpholine rings is 1. The second-order valence-corrected chi connectivity index (χ2v) is 7.21. The highest BCUT2D eigenvalue weighted by Gasteiger charge is 2.23. The molecule has 0 aliphatic carbocycles. The van der Waals surface area contributed by atoms with Crippen LogP contribution in [-0.4, -0.2) is 61.4 Å². The lowest BCUT2D eigenvalue weighted by Crippen LogP contribution is -2.37. The summed E-state index contributed by atoms with van der Waals surface area (Å²) in [5, 5.41) is 0.503. The van der Waals surface area contributed by atoms with Crippen LogP contribution in [0.4, 0.5) is 5.69 Å². The van der Waals surface area contributed by atoms with Crippen molar-refractivity contribution in [1.82, 2.24) is 9.97 Å². The summed E-state index contributed by atoms with van der Waals surface area (Å²) in [7, 11) is 0. The lowest BCUT2D eigenvalue weighted by molar-refractivity contribution is 0.0510. The molecule has 3 heterocycles. The third-order valence-corrected chi connectivity index (χ3v) is 5.22. The molecule has 1 aliphatic heterocycles. The third kappa shape index (κ3) is 3.84. The average molecular weight is 441 g/mol. The summed E-state index contributed by atoms with van der Waals surface area (Å²) >= 11 is 0. The second kappa shape index (κ2) is 8.83. The minimum absolute atomic E-state index is 0.00195. The average Bonchev–Trinajstić information content (AvgIpc) is 2.78. The molecule has 0 amide bonds. The third-order valence-electron chi connectivity index (χ3n) is 5.22. The van der Waals surface area contributed by atoms with Gasteiger partial charge in [-0.3, -0.25) is 9.59 Å². The van der Waals surface area contributed by atoms with Crippen LogP contribution in [0.5, 0.6) is 0 Å². The maximum absolute atomic E-state index is 12.9. The molecule has 1 aromatic carbocycles. The molecule has 1 fully saturated rings. The molecule has 0 atom stereocenters. The molecule has 0 spiro atoms. The number of anilines is 1. The first-order chi connectivity index (χ1) is 15.4. The first-order valence-corrected chi connectivity index (χ1v) is 10.4. The van der Waals surface area contributed by atoms with Crippen LogP contribution in [-0.2, 0) is 14.2 Å². The fraction of sp³-hybridized carbons (Fsp3) is 0.364. The van der Waals surface area contributed by atoms with E-state index in [9.17, 15) is 19.2 Å². The van der Waals surface area contributed by atoms with Gasteiger partial charge in [0, 0.05) is 36.0 Å². The molecule has 168 valence electrons. The number of H-pyrrole nitrogens is 2. The van der Waals surface area contributed by atoms with E-state index >= 15 is 0 Å². The van der Waals surface area contributed by atoms with Gasteiger partial charge >= 0.3 is 11.9 Å². The van der Waals surface area contributed by atoms with Crippen molar-refractivity contribution >= 4 is 39.4 Å². The predicted octanol–water partition coefficient (Wildman–Crippen LogP) is 1.56. The molecule has 3 aromatic rings. The first kappa shape index (κ1) is 21.6. The molecule has 10 nitrogen and oxygen atoms in total. The van der Waals surface area contributed by atoms with E-state index in [4.69, 9.17) is 14.2 Å². The number of benzene rings is 1. The van der Waals surface area contributed by atoms with Crippen molar-refractivity contribution in [3.8, 4) is 0 Å². The molecule has 0 radical (unpaired) electrons. The van der Waals surface area contributed by atoms with Gasteiger partial charge in [-0.25, -0.2) is 9.59 Å². The van der Waals surface area contributed by atoms with Crippen molar-refractivity contribution in [2.45, 2.75) is 13.8 Å². The molecule has 0 unspecified atom stereocenters. The van der Waals surface area contributed by atoms with Gasteiger partial charge in [-0.1, -0.05) is 0 Å². The standard InChI is InChI=1S/C22H23N3O7/c1-3-31-21(28)14-10-16(26)12-9-13-17(27)11-15(22(29)32-4-2)24-19(13)20(18(12)23-14)25-5-7-30-8-6-25/h9-11H,3-8H2,1-2H3,(H,23,26)(H,24,27). The van der Waals surface area contributed by atoms with Crippen LogP contribution in [0.1, 0.15) is 34.8 Å². The molecule has 1 aliphatic rings. The maximum atomic E-state index is 12.9. The SMILES string of the molecule is CCOC(=O)c1cc(=O)c2cc3c(=O)cc(C(=O)OCC)[nH]c3c(N3CCOCC3)c2[nH]1. The van der Waals surface area contributed by atoms with E-state index in [0.717, 1.165) is 12.1 Å². The number of carbonyl (C=O) groups excluding carboxylic acids is 2. The lowest BCUT2D eigenvalue weighted by Gasteiger charge is -2.30. The number of fused-ring (bicyclic) bond motifs is 2. The van der Waals surface area contributed by atoms with Gasteiger partial charge < -0.3 is 29.1 Å². The van der Waals surface area contributed by atoms with E-state index in [0.29, 0.717) is 43.0 Å². The highest BCUT2D eigenvalue weighted by Crippen LogP contribution is 2.32. The van der Waals surface area contributed by atoms with E-state index in [2.05, 4.69) is 9.97 Å². The molecular weight excluding hydrogens is 418 g/mol. The predicted molar refractivity (Wildman–Crippen MR) is 118 cm³/mol. The van der Waals surface area contributed by atoms with Crippen LogP contribution in [0.15, 0.2) is 27.8 Å². The van der Waals surface area contributed by atoms with Crippen molar-refractivity contribution in [3.63, 3.8) is 0 Å². The maximum Gasteiger partial charge on any atom is 0.354 e. The largest absolute Gasteiger partial charge is 0.461 e. The summed E-state index contributed by atoms with van der Waals surface area (Å²) in [6, 6.07) is 3.79. The summed E-state index contributed by atoms with van der Waals surface area (Å²) in [4.78, 5) is 58.4. The monoisotopic (exact) mass is 441 g/mol. The van der Waals surface area contributed by atoms with E-state index in [-0.39, 0.29) is 35.4 Å². The lowest BCUT2D eigenvalue weighted by atomic mass is 10.0. The minimum Gasteiger partial charge on any atom is -0.461 e. The second-order valence-electron chi connectivity index (χ2n) is 7.21. The van der Waals surface area contributed by atoms with Gasteiger partial charge in [0.25, 0.3) is 0 Å². The molecule has 1 saturated heterocycles. The highest BCUT2D eigenvalue weighted by molar-refractivity contribution is 6.09. The Balaban J connectivity index is 2.08. The Labute approximate surface area is 182 Å². The van der Waals surface area contributed by atoms with Gasteiger partial charge in [0.1, 0.15) is 11.4 Å². The summed E-state index contributed by atoms with van der Waals surface area (Å²) in [6.07, 6.45) is 0. The molecule has 10 heteroatoms. The molecule has 32 heavy (non-hydrogen) atoms.